The number of rotatable bonds is 7. The highest BCUT2D eigenvalue weighted by atomic mass is 16.5. The summed E-state index contributed by atoms with van der Waals surface area (Å²) in [6, 6.07) is 2.06. The molecule has 24 heavy (non-hydrogen) atoms. The molecule has 0 aromatic heterocycles. The van der Waals surface area contributed by atoms with E-state index in [9.17, 15) is 4.79 Å². The second-order valence-corrected chi connectivity index (χ2v) is 5.30. The average Bonchev–Trinajstić information content (AvgIpc) is 2.56. The van der Waals surface area contributed by atoms with Gasteiger partial charge in [-0.25, -0.2) is 4.79 Å². The number of aryl methyl sites for hydroxylation is 1. The van der Waals surface area contributed by atoms with Crippen molar-refractivity contribution in [1.29, 1.82) is 0 Å². The molecule has 0 heterocycles. The number of carbonyl (C=O) groups is 1. The zero-order chi connectivity index (χ0) is 17.9. The summed E-state index contributed by atoms with van der Waals surface area (Å²) in [7, 11) is 1.70. The quantitative estimate of drug-likeness (QED) is 0.407. The number of carbonyl (C=O) groups excluding carboxylic acids is 1. The highest BCUT2D eigenvalue weighted by Gasteiger charge is 2.07. The summed E-state index contributed by atoms with van der Waals surface area (Å²) in [5.74, 6) is 0.598. The Bertz CT molecular complexity index is 677. The number of benzene rings is 1. The van der Waals surface area contributed by atoms with Gasteiger partial charge in [-0.2, -0.15) is 0 Å². The standard InChI is InChI=1S/C21H26O3/c1-6-24-21(22)14-12-10-8-7-9-11-13-19-16(2)15-20(23-5)18(4)17(19)3/h7-15H,6H2,1-5H3/b9-7+,10-8+,13-11+,14-12+. The fourth-order valence-corrected chi connectivity index (χ4v) is 2.27. The van der Waals surface area contributed by atoms with Gasteiger partial charge in [-0.3, -0.25) is 0 Å². The summed E-state index contributed by atoms with van der Waals surface area (Å²) < 4.78 is 10.2. The summed E-state index contributed by atoms with van der Waals surface area (Å²) in [5.41, 5.74) is 4.79. The minimum Gasteiger partial charge on any atom is -0.496 e. The molecule has 1 rings (SSSR count). The van der Waals surface area contributed by atoms with E-state index in [1.165, 1.54) is 22.8 Å². The second kappa shape index (κ2) is 10.3. The highest BCUT2D eigenvalue weighted by molar-refractivity contribution is 5.82. The molecular formula is C21H26O3. The average molecular weight is 326 g/mol. The molecule has 0 spiro atoms. The third-order valence-electron chi connectivity index (χ3n) is 3.67. The van der Waals surface area contributed by atoms with Gasteiger partial charge >= 0.3 is 5.97 Å². The molecule has 0 aliphatic rings. The van der Waals surface area contributed by atoms with Crippen LogP contribution in [0.5, 0.6) is 5.75 Å². The van der Waals surface area contributed by atoms with Gasteiger partial charge in [-0.15, -0.1) is 0 Å². The molecule has 0 saturated heterocycles. The molecule has 0 fully saturated rings. The van der Waals surface area contributed by atoms with Crippen molar-refractivity contribution in [3.05, 3.63) is 70.9 Å². The van der Waals surface area contributed by atoms with Gasteiger partial charge in [0.25, 0.3) is 0 Å². The smallest absolute Gasteiger partial charge is 0.330 e. The normalized spacial score (nSPS) is 12.0. The minimum absolute atomic E-state index is 0.327. The molecule has 0 bridgehead atoms. The maximum atomic E-state index is 11.1. The van der Waals surface area contributed by atoms with Crippen LogP contribution >= 0.6 is 0 Å². The minimum atomic E-state index is -0.327. The number of hydrogen-bond acceptors (Lipinski definition) is 3. The summed E-state index contributed by atoms with van der Waals surface area (Å²) in [6.07, 6.45) is 14.7. The molecule has 0 saturated carbocycles. The molecule has 0 radical (unpaired) electrons. The fraction of sp³-hybridized carbons (Fsp3) is 0.286. The number of allylic oxidation sites excluding steroid dienone is 6. The summed E-state index contributed by atoms with van der Waals surface area (Å²) in [5, 5.41) is 0. The summed E-state index contributed by atoms with van der Waals surface area (Å²) >= 11 is 0. The fourth-order valence-electron chi connectivity index (χ4n) is 2.27. The Morgan fingerprint density at radius 3 is 2.25 bits per heavy atom. The second-order valence-electron chi connectivity index (χ2n) is 5.30. The lowest BCUT2D eigenvalue weighted by atomic mass is 9.97. The number of methoxy groups -OCH3 is 1. The van der Waals surface area contributed by atoms with Gasteiger partial charge < -0.3 is 9.47 Å². The topological polar surface area (TPSA) is 35.5 Å². The van der Waals surface area contributed by atoms with E-state index < -0.39 is 0 Å². The van der Waals surface area contributed by atoms with Gasteiger partial charge in [-0.05, 0) is 56.0 Å². The van der Waals surface area contributed by atoms with Gasteiger partial charge in [-0.1, -0.05) is 42.5 Å². The van der Waals surface area contributed by atoms with Crippen LogP contribution in [0.3, 0.4) is 0 Å². The molecule has 1 aromatic carbocycles. The van der Waals surface area contributed by atoms with Gasteiger partial charge in [0, 0.05) is 6.08 Å². The molecule has 0 amide bonds. The molecule has 0 atom stereocenters. The zero-order valence-corrected chi connectivity index (χ0v) is 15.1. The van der Waals surface area contributed by atoms with Crippen LogP contribution in [0, 0.1) is 20.8 Å². The zero-order valence-electron chi connectivity index (χ0n) is 15.1. The Morgan fingerprint density at radius 1 is 1.00 bits per heavy atom. The lowest BCUT2D eigenvalue weighted by Crippen LogP contribution is -1.98. The lowest BCUT2D eigenvalue weighted by molar-refractivity contribution is -0.137. The van der Waals surface area contributed by atoms with Crippen molar-refractivity contribution in [3.63, 3.8) is 0 Å². The van der Waals surface area contributed by atoms with E-state index >= 15 is 0 Å². The third-order valence-corrected chi connectivity index (χ3v) is 3.67. The van der Waals surface area contributed by atoms with Gasteiger partial charge in [0.15, 0.2) is 0 Å². The maximum Gasteiger partial charge on any atom is 0.330 e. The van der Waals surface area contributed by atoms with Gasteiger partial charge in [0.05, 0.1) is 13.7 Å². The van der Waals surface area contributed by atoms with E-state index in [-0.39, 0.29) is 5.97 Å². The molecule has 1 aromatic rings. The van der Waals surface area contributed by atoms with Crippen LogP contribution in [-0.4, -0.2) is 19.7 Å². The highest BCUT2D eigenvalue weighted by Crippen LogP contribution is 2.28. The van der Waals surface area contributed by atoms with Crippen molar-refractivity contribution in [3.8, 4) is 5.75 Å². The lowest BCUT2D eigenvalue weighted by Gasteiger charge is -2.13. The Kier molecular flexibility index (Phi) is 8.34. The predicted molar refractivity (Wildman–Crippen MR) is 100 cm³/mol. The largest absolute Gasteiger partial charge is 0.496 e. The molecule has 3 heteroatoms. The van der Waals surface area contributed by atoms with Crippen LogP contribution in [0.25, 0.3) is 6.08 Å². The van der Waals surface area contributed by atoms with Crippen molar-refractivity contribution in [2.75, 3.05) is 13.7 Å². The van der Waals surface area contributed by atoms with E-state index in [1.54, 1.807) is 26.2 Å². The molecule has 3 nitrogen and oxygen atoms in total. The third kappa shape index (κ3) is 5.92. The Balaban J connectivity index is 2.68. The Hall–Kier alpha value is -2.55. The number of hydrogen-bond donors (Lipinski definition) is 0. The maximum absolute atomic E-state index is 11.1. The Morgan fingerprint density at radius 2 is 1.62 bits per heavy atom. The van der Waals surface area contributed by atoms with E-state index in [2.05, 4.69) is 32.9 Å². The molecule has 0 aliphatic heterocycles. The first-order chi connectivity index (χ1) is 11.5. The molecule has 0 N–H and O–H groups in total. The van der Waals surface area contributed by atoms with Crippen molar-refractivity contribution < 1.29 is 14.3 Å². The molecule has 128 valence electrons. The van der Waals surface area contributed by atoms with E-state index in [1.807, 2.05) is 24.3 Å². The van der Waals surface area contributed by atoms with Crippen molar-refractivity contribution in [2.24, 2.45) is 0 Å². The molecular weight excluding hydrogens is 300 g/mol. The van der Waals surface area contributed by atoms with E-state index in [0.29, 0.717) is 6.61 Å². The van der Waals surface area contributed by atoms with E-state index in [4.69, 9.17) is 9.47 Å². The number of esters is 1. The van der Waals surface area contributed by atoms with Crippen LogP contribution in [0.2, 0.25) is 0 Å². The molecule has 0 unspecified atom stereocenters. The summed E-state index contributed by atoms with van der Waals surface area (Å²) in [4.78, 5) is 11.1. The summed E-state index contributed by atoms with van der Waals surface area (Å²) in [6.45, 7) is 8.43. The van der Waals surface area contributed by atoms with Crippen molar-refractivity contribution >= 4 is 12.0 Å². The first-order valence-electron chi connectivity index (χ1n) is 8.00. The van der Waals surface area contributed by atoms with Crippen molar-refractivity contribution in [1.82, 2.24) is 0 Å². The van der Waals surface area contributed by atoms with Crippen LogP contribution in [-0.2, 0) is 9.53 Å². The number of ether oxygens (including phenoxy) is 2. The SMILES string of the molecule is CCOC(=O)/C=C/C=C/C=C/C=C/c1c(C)cc(OC)c(C)c1C. The van der Waals surface area contributed by atoms with Crippen LogP contribution < -0.4 is 4.74 Å². The van der Waals surface area contributed by atoms with Crippen LogP contribution in [0.1, 0.15) is 29.2 Å². The van der Waals surface area contributed by atoms with Gasteiger partial charge in [0.2, 0.25) is 0 Å². The predicted octanol–water partition coefficient (Wildman–Crippen LogP) is 4.87. The van der Waals surface area contributed by atoms with Crippen LogP contribution in [0.4, 0.5) is 0 Å². The Labute approximate surface area is 145 Å². The van der Waals surface area contributed by atoms with Gasteiger partial charge in [0.1, 0.15) is 5.75 Å². The first-order valence-corrected chi connectivity index (χ1v) is 8.00. The van der Waals surface area contributed by atoms with E-state index in [0.717, 1.165) is 11.3 Å². The molecule has 0 aliphatic carbocycles. The van der Waals surface area contributed by atoms with Crippen LogP contribution in [0.15, 0.2) is 48.6 Å². The first kappa shape index (κ1) is 19.5. The monoisotopic (exact) mass is 326 g/mol. The van der Waals surface area contributed by atoms with Crippen molar-refractivity contribution in [2.45, 2.75) is 27.7 Å².